The summed E-state index contributed by atoms with van der Waals surface area (Å²) >= 11 is 0. The number of carbonyl (C=O) groups excluding carboxylic acids is 2. The van der Waals surface area contributed by atoms with Gasteiger partial charge in [0.05, 0.1) is 18.8 Å². The number of nitrogens with one attached hydrogen (secondary N) is 2. The summed E-state index contributed by atoms with van der Waals surface area (Å²) in [6.07, 6.45) is 3.70. The van der Waals surface area contributed by atoms with Gasteiger partial charge in [-0.05, 0) is 31.9 Å². The van der Waals surface area contributed by atoms with E-state index in [9.17, 15) is 9.59 Å². The molecule has 2 aliphatic rings. The van der Waals surface area contributed by atoms with Gasteiger partial charge < -0.3 is 14.5 Å². The van der Waals surface area contributed by atoms with Crippen LogP contribution in [-0.2, 0) is 9.59 Å². The molecule has 3 unspecified atom stereocenters. The average molecular weight is 374 g/mol. The lowest BCUT2D eigenvalue weighted by Crippen LogP contribution is -2.61. The third-order valence-corrected chi connectivity index (χ3v) is 5.38. The number of unbranched alkanes of at least 4 members (excludes halogenated alkanes) is 1. The molecule has 2 heterocycles. The molecule has 0 aliphatic carbocycles. The van der Waals surface area contributed by atoms with Gasteiger partial charge in [0.15, 0.2) is 0 Å². The fourth-order valence-electron chi connectivity index (χ4n) is 3.88. The lowest BCUT2D eigenvalue weighted by molar-refractivity contribution is -0.141. The monoisotopic (exact) mass is 374 g/mol. The largest absolute Gasteiger partial charge is 0.495 e. The van der Waals surface area contributed by atoms with Gasteiger partial charge in [0.25, 0.3) is 0 Å². The van der Waals surface area contributed by atoms with E-state index in [-0.39, 0.29) is 36.5 Å². The van der Waals surface area contributed by atoms with Crippen molar-refractivity contribution in [1.82, 2.24) is 15.8 Å². The van der Waals surface area contributed by atoms with Crippen LogP contribution in [0.25, 0.3) is 0 Å². The molecule has 3 rings (SSSR count). The molecule has 0 saturated carbocycles. The van der Waals surface area contributed by atoms with Crippen LogP contribution in [0.4, 0.5) is 5.69 Å². The smallest absolute Gasteiger partial charge is 0.246 e. The Kier molecular flexibility index (Phi) is 6.34. The van der Waals surface area contributed by atoms with Crippen LogP contribution in [-0.4, -0.2) is 55.0 Å². The third kappa shape index (κ3) is 4.25. The highest BCUT2D eigenvalue weighted by Gasteiger charge is 2.40. The van der Waals surface area contributed by atoms with Crippen molar-refractivity contribution in [3.8, 4) is 5.75 Å². The van der Waals surface area contributed by atoms with Crippen LogP contribution in [0, 0.1) is 0 Å². The molecule has 3 atom stereocenters. The van der Waals surface area contributed by atoms with E-state index in [4.69, 9.17) is 4.74 Å². The van der Waals surface area contributed by atoms with E-state index >= 15 is 0 Å². The molecule has 2 fully saturated rings. The quantitative estimate of drug-likeness (QED) is 0.793. The topological polar surface area (TPSA) is 73.9 Å². The van der Waals surface area contributed by atoms with Crippen LogP contribution >= 0.6 is 0 Å². The number of benzene rings is 1. The van der Waals surface area contributed by atoms with Crippen molar-refractivity contribution >= 4 is 17.5 Å². The Bertz CT molecular complexity index is 681. The molecule has 7 nitrogen and oxygen atoms in total. The number of methoxy groups -OCH3 is 1. The number of para-hydroxylation sites is 2. The number of amides is 2. The normalized spacial score (nSPS) is 25.7. The van der Waals surface area contributed by atoms with E-state index in [0.29, 0.717) is 12.3 Å². The standard InChI is InChI=1S/C20H30N4O3/c1-4-5-8-15-12-24(17-9-6-7-10-18(17)27-3)19(25)13-23(15)20(26)16-11-14(2)21-22-16/h6-7,9-10,14-16,21-22H,4-5,8,11-13H2,1-3H3. The molecular weight excluding hydrogens is 344 g/mol. The second kappa shape index (κ2) is 8.71. The van der Waals surface area contributed by atoms with Gasteiger partial charge in [-0.15, -0.1) is 0 Å². The maximum Gasteiger partial charge on any atom is 0.246 e. The van der Waals surface area contributed by atoms with Crippen LogP contribution in [0.1, 0.15) is 39.5 Å². The Hall–Kier alpha value is -2.12. The molecule has 7 heteroatoms. The summed E-state index contributed by atoms with van der Waals surface area (Å²) in [5.41, 5.74) is 6.94. The van der Waals surface area contributed by atoms with Crippen LogP contribution in [0.2, 0.25) is 0 Å². The van der Waals surface area contributed by atoms with E-state index in [1.807, 2.05) is 31.2 Å². The first-order chi connectivity index (χ1) is 13.0. The molecule has 2 amide bonds. The molecule has 2 N–H and O–H groups in total. The van der Waals surface area contributed by atoms with Gasteiger partial charge in [-0.2, -0.15) is 0 Å². The lowest BCUT2D eigenvalue weighted by atomic mass is 10.0. The summed E-state index contributed by atoms with van der Waals surface area (Å²) in [6.45, 7) is 4.79. The van der Waals surface area contributed by atoms with Crippen molar-refractivity contribution in [2.24, 2.45) is 0 Å². The van der Waals surface area contributed by atoms with E-state index in [0.717, 1.165) is 31.4 Å². The van der Waals surface area contributed by atoms with Crippen molar-refractivity contribution < 1.29 is 14.3 Å². The number of rotatable bonds is 6. The molecular formula is C20H30N4O3. The molecule has 27 heavy (non-hydrogen) atoms. The maximum absolute atomic E-state index is 13.1. The molecule has 1 aromatic rings. The first kappa shape index (κ1) is 19.6. The summed E-state index contributed by atoms with van der Waals surface area (Å²) in [4.78, 5) is 29.5. The van der Waals surface area contributed by atoms with Crippen LogP contribution in [0.5, 0.6) is 5.75 Å². The van der Waals surface area contributed by atoms with Crippen molar-refractivity contribution in [3.05, 3.63) is 24.3 Å². The highest BCUT2D eigenvalue weighted by molar-refractivity contribution is 6.00. The van der Waals surface area contributed by atoms with Gasteiger partial charge in [-0.1, -0.05) is 31.9 Å². The molecule has 0 aromatic heterocycles. The number of carbonyl (C=O) groups is 2. The van der Waals surface area contributed by atoms with Crippen molar-refractivity contribution in [1.29, 1.82) is 0 Å². The van der Waals surface area contributed by atoms with E-state index in [2.05, 4.69) is 17.8 Å². The highest BCUT2D eigenvalue weighted by Crippen LogP contribution is 2.31. The predicted octanol–water partition coefficient (Wildman–Crippen LogP) is 1.68. The van der Waals surface area contributed by atoms with Gasteiger partial charge in [-0.25, -0.2) is 5.43 Å². The molecule has 1 aromatic carbocycles. The van der Waals surface area contributed by atoms with Gasteiger partial charge in [-0.3, -0.25) is 15.0 Å². The highest BCUT2D eigenvalue weighted by atomic mass is 16.5. The van der Waals surface area contributed by atoms with Gasteiger partial charge >= 0.3 is 0 Å². The fraction of sp³-hybridized carbons (Fsp3) is 0.600. The van der Waals surface area contributed by atoms with E-state index < -0.39 is 0 Å². The molecule has 2 aliphatic heterocycles. The zero-order valence-electron chi connectivity index (χ0n) is 16.4. The zero-order valence-corrected chi connectivity index (χ0v) is 16.4. The third-order valence-electron chi connectivity index (χ3n) is 5.38. The molecule has 0 radical (unpaired) electrons. The number of hydrazine groups is 1. The Morgan fingerprint density at radius 3 is 2.74 bits per heavy atom. The number of hydrogen-bond acceptors (Lipinski definition) is 5. The minimum Gasteiger partial charge on any atom is -0.495 e. The average Bonchev–Trinajstić information content (AvgIpc) is 3.12. The second-order valence-corrected chi connectivity index (χ2v) is 7.42. The number of piperazine rings is 1. The summed E-state index contributed by atoms with van der Waals surface area (Å²) in [6, 6.07) is 7.54. The maximum atomic E-state index is 13.1. The number of nitrogens with zero attached hydrogens (tertiary/aromatic N) is 2. The first-order valence-corrected chi connectivity index (χ1v) is 9.80. The van der Waals surface area contributed by atoms with Crippen LogP contribution in [0.15, 0.2) is 24.3 Å². The summed E-state index contributed by atoms with van der Waals surface area (Å²) in [5, 5.41) is 0. The summed E-state index contributed by atoms with van der Waals surface area (Å²) in [5.74, 6) is 0.621. The Morgan fingerprint density at radius 2 is 2.07 bits per heavy atom. The molecule has 0 spiro atoms. The molecule has 148 valence electrons. The van der Waals surface area contributed by atoms with Crippen molar-refractivity contribution in [2.45, 2.75) is 57.7 Å². The minimum atomic E-state index is -0.269. The fourth-order valence-corrected chi connectivity index (χ4v) is 3.88. The van der Waals surface area contributed by atoms with Gasteiger partial charge in [0, 0.05) is 12.6 Å². The number of hydrogen-bond donors (Lipinski definition) is 2. The Labute approximate surface area is 161 Å². The van der Waals surface area contributed by atoms with E-state index in [1.165, 1.54) is 0 Å². The predicted molar refractivity (Wildman–Crippen MR) is 105 cm³/mol. The van der Waals surface area contributed by atoms with Crippen LogP contribution < -0.4 is 20.5 Å². The van der Waals surface area contributed by atoms with Gasteiger partial charge in [0.2, 0.25) is 11.8 Å². The first-order valence-electron chi connectivity index (χ1n) is 9.80. The minimum absolute atomic E-state index is 0.0118. The van der Waals surface area contributed by atoms with Crippen LogP contribution in [0.3, 0.4) is 0 Å². The van der Waals surface area contributed by atoms with Crippen molar-refractivity contribution in [2.75, 3.05) is 25.1 Å². The lowest BCUT2D eigenvalue weighted by Gasteiger charge is -2.42. The molecule has 2 saturated heterocycles. The Balaban J connectivity index is 1.81. The van der Waals surface area contributed by atoms with Crippen molar-refractivity contribution in [3.63, 3.8) is 0 Å². The Morgan fingerprint density at radius 1 is 1.30 bits per heavy atom. The number of anilines is 1. The number of ether oxygens (including phenoxy) is 1. The second-order valence-electron chi connectivity index (χ2n) is 7.42. The van der Waals surface area contributed by atoms with E-state index in [1.54, 1.807) is 16.9 Å². The molecule has 0 bridgehead atoms. The zero-order chi connectivity index (χ0) is 19.4. The SMILES string of the molecule is CCCCC1CN(c2ccccc2OC)C(=O)CN1C(=O)C1CC(C)NN1. The summed E-state index contributed by atoms with van der Waals surface area (Å²) in [7, 11) is 1.61. The summed E-state index contributed by atoms with van der Waals surface area (Å²) < 4.78 is 5.44. The van der Waals surface area contributed by atoms with Gasteiger partial charge in [0.1, 0.15) is 18.3 Å².